The molecule has 1 aromatic heterocycles. The predicted molar refractivity (Wildman–Crippen MR) is 68.5 cm³/mol. The molecule has 0 bridgehead atoms. The fourth-order valence-corrected chi connectivity index (χ4v) is 2.46. The summed E-state index contributed by atoms with van der Waals surface area (Å²) in [7, 11) is 1.67. The Morgan fingerprint density at radius 2 is 2.19 bits per heavy atom. The van der Waals surface area contributed by atoms with Gasteiger partial charge in [-0.15, -0.1) is 0 Å². The van der Waals surface area contributed by atoms with Crippen LogP contribution < -0.4 is 5.73 Å². The zero-order chi connectivity index (χ0) is 12.1. The summed E-state index contributed by atoms with van der Waals surface area (Å²) in [6, 6.07) is 0.0213. The Labute approximate surface area is 105 Å². The smallest absolute Gasteiger partial charge is 0.0766 e. The molecule has 1 unspecified atom stereocenters. The van der Waals surface area contributed by atoms with E-state index in [2.05, 4.69) is 34.9 Å². The Morgan fingerprint density at radius 3 is 2.69 bits per heavy atom. The van der Waals surface area contributed by atoms with Gasteiger partial charge in [0, 0.05) is 26.1 Å². The fraction of sp³-hybridized carbons (Fsp3) is 0.727. The average Bonchev–Trinajstić information content (AvgIpc) is 2.56. The van der Waals surface area contributed by atoms with Gasteiger partial charge in [0.2, 0.25) is 0 Å². The molecule has 5 heteroatoms. The van der Waals surface area contributed by atoms with E-state index in [0.717, 1.165) is 29.6 Å². The highest BCUT2D eigenvalue weighted by atomic mass is 79.9. The van der Waals surface area contributed by atoms with Crippen molar-refractivity contribution in [2.45, 2.75) is 39.3 Å². The lowest BCUT2D eigenvalue weighted by Gasteiger charge is -2.11. The van der Waals surface area contributed by atoms with Crippen LogP contribution in [0.3, 0.4) is 0 Å². The van der Waals surface area contributed by atoms with Crippen molar-refractivity contribution >= 4 is 15.9 Å². The van der Waals surface area contributed by atoms with Gasteiger partial charge in [-0.3, -0.25) is 4.68 Å². The molecule has 2 N–H and O–H groups in total. The molecule has 0 spiro atoms. The molecule has 0 aromatic carbocycles. The molecule has 0 aliphatic rings. The zero-order valence-corrected chi connectivity index (χ0v) is 11.7. The minimum atomic E-state index is 0.0213. The first-order valence-corrected chi connectivity index (χ1v) is 6.41. The Kier molecular flexibility index (Phi) is 5.44. The zero-order valence-electron chi connectivity index (χ0n) is 10.2. The van der Waals surface area contributed by atoms with Gasteiger partial charge in [0.25, 0.3) is 0 Å². The maximum Gasteiger partial charge on any atom is 0.0766 e. The molecular formula is C11H20BrN3O. The van der Waals surface area contributed by atoms with E-state index in [1.165, 1.54) is 5.69 Å². The third kappa shape index (κ3) is 3.06. The third-order valence-corrected chi connectivity index (χ3v) is 3.45. The number of halogens is 1. The Balaban J connectivity index is 2.88. The van der Waals surface area contributed by atoms with Crippen LogP contribution in [0.25, 0.3) is 0 Å². The lowest BCUT2D eigenvalue weighted by Crippen LogP contribution is -2.29. The number of rotatable bonds is 6. The lowest BCUT2D eigenvalue weighted by molar-refractivity contribution is 0.179. The van der Waals surface area contributed by atoms with Crippen molar-refractivity contribution < 1.29 is 4.74 Å². The summed E-state index contributed by atoms with van der Waals surface area (Å²) in [5.74, 6) is 0. The number of nitrogens with two attached hydrogens (primary N) is 1. The molecule has 0 aliphatic heterocycles. The number of aromatic nitrogens is 2. The van der Waals surface area contributed by atoms with E-state index >= 15 is 0 Å². The van der Waals surface area contributed by atoms with Crippen LogP contribution in [-0.4, -0.2) is 29.5 Å². The second-order valence-electron chi connectivity index (χ2n) is 3.80. The van der Waals surface area contributed by atoms with E-state index in [1.54, 1.807) is 7.11 Å². The number of aryl methyl sites for hydroxylation is 2. The Morgan fingerprint density at radius 1 is 1.50 bits per heavy atom. The molecule has 0 fully saturated rings. The minimum absolute atomic E-state index is 0.0213. The van der Waals surface area contributed by atoms with E-state index in [0.29, 0.717) is 6.61 Å². The molecule has 1 heterocycles. The highest BCUT2D eigenvalue weighted by Crippen LogP contribution is 2.23. The van der Waals surface area contributed by atoms with Crippen molar-refractivity contribution in [3.63, 3.8) is 0 Å². The number of ether oxygens (including phenoxy) is 1. The van der Waals surface area contributed by atoms with Crippen molar-refractivity contribution in [3.05, 3.63) is 15.9 Å². The van der Waals surface area contributed by atoms with Crippen molar-refractivity contribution in [2.24, 2.45) is 5.73 Å². The molecule has 0 amide bonds. The second-order valence-corrected chi connectivity index (χ2v) is 4.59. The van der Waals surface area contributed by atoms with E-state index in [9.17, 15) is 0 Å². The quantitative estimate of drug-likeness (QED) is 0.868. The molecule has 0 aliphatic carbocycles. The first-order chi connectivity index (χ1) is 7.63. The summed E-state index contributed by atoms with van der Waals surface area (Å²) in [6.45, 7) is 5.63. The van der Waals surface area contributed by atoms with Crippen LogP contribution in [0.5, 0.6) is 0 Å². The molecule has 0 saturated carbocycles. The predicted octanol–water partition coefficient (Wildman–Crippen LogP) is 1.74. The van der Waals surface area contributed by atoms with E-state index in [-0.39, 0.29) is 6.04 Å². The monoisotopic (exact) mass is 289 g/mol. The van der Waals surface area contributed by atoms with Crippen molar-refractivity contribution in [1.29, 1.82) is 0 Å². The average molecular weight is 290 g/mol. The first-order valence-electron chi connectivity index (χ1n) is 5.62. The van der Waals surface area contributed by atoms with Gasteiger partial charge < -0.3 is 10.5 Å². The molecule has 1 atom stereocenters. The van der Waals surface area contributed by atoms with E-state index in [1.807, 2.05) is 4.68 Å². The van der Waals surface area contributed by atoms with Gasteiger partial charge in [-0.25, -0.2) is 0 Å². The largest absolute Gasteiger partial charge is 0.383 e. The van der Waals surface area contributed by atoms with Gasteiger partial charge in [0.05, 0.1) is 22.5 Å². The van der Waals surface area contributed by atoms with Crippen LogP contribution in [0.4, 0.5) is 0 Å². The normalized spacial score (nSPS) is 13.1. The third-order valence-electron chi connectivity index (χ3n) is 2.53. The molecule has 1 aromatic rings. The lowest BCUT2D eigenvalue weighted by atomic mass is 10.1. The molecular weight excluding hydrogens is 270 g/mol. The number of nitrogens with zero attached hydrogens (tertiary/aromatic N) is 2. The Bertz CT molecular complexity index is 338. The van der Waals surface area contributed by atoms with Gasteiger partial charge in [0.15, 0.2) is 0 Å². The summed E-state index contributed by atoms with van der Waals surface area (Å²) in [4.78, 5) is 0. The second kappa shape index (κ2) is 6.37. The van der Waals surface area contributed by atoms with Crippen molar-refractivity contribution in [3.8, 4) is 0 Å². The SMILES string of the molecule is CCc1nn(CC)c(CC(N)COC)c1Br. The van der Waals surface area contributed by atoms with Gasteiger partial charge in [-0.05, 0) is 29.3 Å². The number of hydrogen-bond acceptors (Lipinski definition) is 3. The maximum atomic E-state index is 5.97. The summed E-state index contributed by atoms with van der Waals surface area (Å²) in [6.07, 6.45) is 1.72. The molecule has 4 nitrogen and oxygen atoms in total. The number of hydrogen-bond donors (Lipinski definition) is 1. The summed E-state index contributed by atoms with van der Waals surface area (Å²) < 4.78 is 8.17. The summed E-state index contributed by atoms with van der Waals surface area (Å²) >= 11 is 3.60. The highest BCUT2D eigenvalue weighted by molar-refractivity contribution is 9.10. The van der Waals surface area contributed by atoms with E-state index < -0.39 is 0 Å². The van der Waals surface area contributed by atoms with Gasteiger partial charge in [0.1, 0.15) is 0 Å². The summed E-state index contributed by atoms with van der Waals surface area (Å²) in [5.41, 5.74) is 8.24. The maximum absolute atomic E-state index is 5.97. The van der Waals surface area contributed by atoms with Crippen LogP contribution >= 0.6 is 15.9 Å². The van der Waals surface area contributed by atoms with Crippen LogP contribution in [-0.2, 0) is 24.1 Å². The van der Waals surface area contributed by atoms with Gasteiger partial charge in [-0.1, -0.05) is 6.92 Å². The van der Waals surface area contributed by atoms with Gasteiger partial charge in [-0.2, -0.15) is 5.10 Å². The van der Waals surface area contributed by atoms with Crippen LogP contribution in [0.15, 0.2) is 4.47 Å². The standard InChI is InChI=1S/C11H20BrN3O/c1-4-9-11(12)10(15(5-2)14-9)6-8(13)7-16-3/h8H,4-7,13H2,1-3H3. The molecule has 0 radical (unpaired) electrons. The van der Waals surface area contributed by atoms with Crippen LogP contribution in [0, 0.1) is 0 Å². The van der Waals surface area contributed by atoms with Crippen LogP contribution in [0.2, 0.25) is 0 Å². The highest BCUT2D eigenvalue weighted by Gasteiger charge is 2.16. The van der Waals surface area contributed by atoms with Crippen molar-refractivity contribution in [1.82, 2.24) is 9.78 Å². The number of methoxy groups -OCH3 is 1. The molecule has 92 valence electrons. The molecule has 1 rings (SSSR count). The van der Waals surface area contributed by atoms with Crippen molar-refractivity contribution in [2.75, 3.05) is 13.7 Å². The van der Waals surface area contributed by atoms with Crippen LogP contribution in [0.1, 0.15) is 25.2 Å². The Hall–Kier alpha value is -0.390. The molecule has 16 heavy (non-hydrogen) atoms. The van der Waals surface area contributed by atoms with Gasteiger partial charge >= 0.3 is 0 Å². The van der Waals surface area contributed by atoms with E-state index in [4.69, 9.17) is 10.5 Å². The molecule has 0 saturated heterocycles. The fourth-order valence-electron chi connectivity index (χ4n) is 1.73. The topological polar surface area (TPSA) is 53.1 Å². The summed E-state index contributed by atoms with van der Waals surface area (Å²) in [5, 5.41) is 4.53. The first kappa shape index (κ1) is 13.7. The minimum Gasteiger partial charge on any atom is -0.383 e.